The molecule has 0 fully saturated rings. The van der Waals surface area contributed by atoms with E-state index in [4.69, 9.17) is 5.73 Å². The Morgan fingerprint density at radius 3 is 2.52 bits per heavy atom. The fourth-order valence-corrected chi connectivity index (χ4v) is 2.85. The molecule has 3 aromatic rings. The molecule has 0 aliphatic rings. The van der Waals surface area contributed by atoms with Gasteiger partial charge < -0.3 is 11.1 Å². The van der Waals surface area contributed by atoms with E-state index in [1.807, 2.05) is 13.8 Å². The number of rotatable bonds is 4. The van der Waals surface area contributed by atoms with Gasteiger partial charge in [0.2, 0.25) is 5.91 Å². The van der Waals surface area contributed by atoms with E-state index in [-0.39, 0.29) is 12.3 Å². The van der Waals surface area contributed by atoms with Crippen LogP contribution in [0.15, 0.2) is 30.3 Å². The van der Waals surface area contributed by atoms with Crippen LogP contribution in [0.3, 0.4) is 0 Å². The van der Waals surface area contributed by atoms with E-state index in [0.29, 0.717) is 16.9 Å². The van der Waals surface area contributed by atoms with E-state index in [1.54, 1.807) is 42.1 Å². The summed E-state index contributed by atoms with van der Waals surface area (Å²) in [6, 6.07) is 8.79. The van der Waals surface area contributed by atoms with Gasteiger partial charge in [0.1, 0.15) is 0 Å². The van der Waals surface area contributed by atoms with Gasteiger partial charge in [0.25, 0.3) is 5.91 Å². The zero-order valence-corrected chi connectivity index (χ0v) is 14.3. The summed E-state index contributed by atoms with van der Waals surface area (Å²) < 4.78 is 1.67. The highest BCUT2D eigenvalue weighted by atomic mass is 16.2. The number of carbonyl (C=O) groups excluding carboxylic acids is 2. The van der Waals surface area contributed by atoms with Crippen LogP contribution in [0.2, 0.25) is 0 Å². The molecular formula is C18H19N5O2. The van der Waals surface area contributed by atoms with E-state index in [2.05, 4.69) is 15.4 Å². The molecule has 3 N–H and O–H groups in total. The Kier molecular flexibility index (Phi) is 4.22. The van der Waals surface area contributed by atoms with Crippen molar-refractivity contribution in [2.45, 2.75) is 20.3 Å². The third-order valence-corrected chi connectivity index (χ3v) is 3.93. The van der Waals surface area contributed by atoms with Gasteiger partial charge in [-0.25, -0.2) is 4.98 Å². The molecule has 2 amide bonds. The number of aryl methyl sites for hydroxylation is 3. The molecule has 0 saturated heterocycles. The second-order valence-electron chi connectivity index (χ2n) is 6.01. The number of primary amides is 1. The molecule has 0 unspecified atom stereocenters. The van der Waals surface area contributed by atoms with Crippen LogP contribution in [0.5, 0.6) is 0 Å². The summed E-state index contributed by atoms with van der Waals surface area (Å²) in [5.74, 6) is -0.618. The fraction of sp³-hybridized carbons (Fsp3) is 0.222. The largest absolute Gasteiger partial charge is 0.369 e. The van der Waals surface area contributed by atoms with Crippen LogP contribution in [0.4, 0.5) is 5.69 Å². The number of nitrogens with two attached hydrogens (primary N) is 1. The topological polar surface area (TPSA) is 103 Å². The Morgan fingerprint density at radius 1 is 1.20 bits per heavy atom. The lowest BCUT2D eigenvalue weighted by Crippen LogP contribution is -2.14. The first-order valence-corrected chi connectivity index (χ1v) is 7.84. The Hall–Kier alpha value is -3.22. The Labute approximate surface area is 144 Å². The number of hydrogen-bond donors (Lipinski definition) is 2. The lowest BCUT2D eigenvalue weighted by molar-refractivity contribution is -0.117. The Morgan fingerprint density at radius 2 is 1.88 bits per heavy atom. The number of pyridine rings is 1. The van der Waals surface area contributed by atoms with Crippen molar-refractivity contribution in [2.75, 3.05) is 5.32 Å². The maximum Gasteiger partial charge on any atom is 0.256 e. The molecule has 7 heteroatoms. The molecule has 128 valence electrons. The number of benzene rings is 1. The van der Waals surface area contributed by atoms with Gasteiger partial charge in [-0.1, -0.05) is 12.1 Å². The van der Waals surface area contributed by atoms with E-state index >= 15 is 0 Å². The zero-order chi connectivity index (χ0) is 18.1. The molecule has 2 heterocycles. The molecule has 0 aliphatic heterocycles. The van der Waals surface area contributed by atoms with E-state index in [9.17, 15) is 9.59 Å². The molecule has 25 heavy (non-hydrogen) atoms. The van der Waals surface area contributed by atoms with Gasteiger partial charge >= 0.3 is 0 Å². The summed E-state index contributed by atoms with van der Waals surface area (Å²) in [5.41, 5.74) is 9.34. The Balaban J connectivity index is 1.91. The predicted molar refractivity (Wildman–Crippen MR) is 95.3 cm³/mol. The molecule has 0 radical (unpaired) electrons. The number of amides is 2. The average Bonchev–Trinajstić information content (AvgIpc) is 2.82. The Bertz CT molecular complexity index is 973. The molecule has 0 aliphatic carbocycles. The second kappa shape index (κ2) is 6.35. The van der Waals surface area contributed by atoms with Gasteiger partial charge in [0.05, 0.1) is 23.1 Å². The highest BCUT2D eigenvalue weighted by Crippen LogP contribution is 2.23. The quantitative estimate of drug-likeness (QED) is 0.758. The van der Waals surface area contributed by atoms with Gasteiger partial charge in [0.15, 0.2) is 5.65 Å². The first-order valence-electron chi connectivity index (χ1n) is 7.84. The van der Waals surface area contributed by atoms with Crippen LogP contribution in [0.1, 0.15) is 27.3 Å². The maximum absolute atomic E-state index is 12.8. The van der Waals surface area contributed by atoms with Crippen LogP contribution in [0.25, 0.3) is 11.0 Å². The number of fused-ring (bicyclic) bond motifs is 1. The number of carbonyl (C=O) groups is 2. The van der Waals surface area contributed by atoms with Crippen molar-refractivity contribution in [3.63, 3.8) is 0 Å². The summed E-state index contributed by atoms with van der Waals surface area (Å²) in [7, 11) is 1.81. The molecule has 0 atom stereocenters. The van der Waals surface area contributed by atoms with Crippen molar-refractivity contribution in [3.05, 3.63) is 52.8 Å². The normalized spacial score (nSPS) is 10.8. The van der Waals surface area contributed by atoms with Gasteiger partial charge in [-0.15, -0.1) is 0 Å². The fourth-order valence-electron chi connectivity index (χ4n) is 2.85. The van der Waals surface area contributed by atoms with Crippen LogP contribution in [0, 0.1) is 13.8 Å². The van der Waals surface area contributed by atoms with Crippen LogP contribution < -0.4 is 11.1 Å². The summed E-state index contributed by atoms with van der Waals surface area (Å²) in [6.07, 6.45) is 0.174. The monoisotopic (exact) mass is 337 g/mol. The van der Waals surface area contributed by atoms with Crippen LogP contribution >= 0.6 is 0 Å². The van der Waals surface area contributed by atoms with Gasteiger partial charge in [0, 0.05) is 18.4 Å². The lowest BCUT2D eigenvalue weighted by Gasteiger charge is -2.08. The van der Waals surface area contributed by atoms with Crippen molar-refractivity contribution in [3.8, 4) is 0 Å². The molecule has 1 aromatic carbocycles. The number of aromatic nitrogens is 3. The molecule has 0 saturated carbocycles. The van der Waals surface area contributed by atoms with Crippen molar-refractivity contribution >= 4 is 28.5 Å². The molecule has 0 spiro atoms. The molecule has 3 rings (SSSR count). The molecule has 0 bridgehead atoms. The number of nitrogens with zero attached hydrogens (tertiary/aromatic N) is 3. The van der Waals surface area contributed by atoms with Gasteiger partial charge in [-0.3, -0.25) is 14.3 Å². The summed E-state index contributed by atoms with van der Waals surface area (Å²) in [4.78, 5) is 28.2. The maximum atomic E-state index is 12.8. The summed E-state index contributed by atoms with van der Waals surface area (Å²) in [5, 5.41) is 7.97. The second-order valence-corrected chi connectivity index (χ2v) is 6.01. The van der Waals surface area contributed by atoms with Gasteiger partial charge in [-0.2, -0.15) is 5.10 Å². The minimum atomic E-state index is -0.390. The summed E-state index contributed by atoms with van der Waals surface area (Å²) in [6.45, 7) is 3.70. The lowest BCUT2D eigenvalue weighted by atomic mass is 10.1. The van der Waals surface area contributed by atoms with E-state index in [1.165, 1.54) is 0 Å². The number of hydrogen-bond acceptors (Lipinski definition) is 4. The number of nitrogens with one attached hydrogen (secondary N) is 1. The molecule has 2 aromatic heterocycles. The third-order valence-electron chi connectivity index (χ3n) is 3.93. The van der Waals surface area contributed by atoms with Crippen molar-refractivity contribution < 1.29 is 9.59 Å². The van der Waals surface area contributed by atoms with Crippen LogP contribution in [-0.2, 0) is 18.3 Å². The number of anilines is 1. The molecular weight excluding hydrogens is 318 g/mol. The van der Waals surface area contributed by atoms with Gasteiger partial charge in [-0.05, 0) is 37.6 Å². The standard InChI is InChI=1S/C18H19N5O2/c1-10-8-14(16-11(2)22-23(3)17(16)20-10)18(25)21-13-6-4-12(5-7-13)9-15(19)24/h4-8H,9H2,1-3H3,(H2,19,24)(H,21,25). The summed E-state index contributed by atoms with van der Waals surface area (Å²) >= 11 is 0. The predicted octanol–water partition coefficient (Wildman–Crippen LogP) is 1.87. The zero-order valence-electron chi connectivity index (χ0n) is 14.3. The van der Waals surface area contributed by atoms with E-state index < -0.39 is 5.91 Å². The van der Waals surface area contributed by atoms with Crippen LogP contribution in [-0.4, -0.2) is 26.6 Å². The van der Waals surface area contributed by atoms with Crippen molar-refractivity contribution in [1.82, 2.24) is 14.8 Å². The third kappa shape index (κ3) is 3.35. The van der Waals surface area contributed by atoms with Crippen molar-refractivity contribution in [1.29, 1.82) is 0 Å². The van der Waals surface area contributed by atoms with E-state index in [0.717, 1.165) is 22.3 Å². The minimum absolute atomic E-state index is 0.174. The smallest absolute Gasteiger partial charge is 0.256 e. The first kappa shape index (κ1) is 16.6. The average molecular weight is 337 g/mol. The first-order chi connectivity index (χ1) is 11.8. The highest BCUT2D eigenvalue weighted by molar-refractivity contribution is 6.12. The highest BCUT2D eigenvalue weighted by Gasteiger charge is 2.17. The minimum Gasteiger partial charge on any atom is -0.369 e. The SMILES string of the molecule is Cc1cc(C(=O)Nc2ccc(CC(N)=O)cc2)c2c(C)nn(C)c2n1. The molecule has 7 nitrogen and oxygen atoms in total. The van der Waals surface area contributed by atoms with Crippen molar-refractivity contribution in [2.24, 2.45) is 12.8 Å².